The van der Waals surface area contributed by atoms with Gasteiger partial charge < -0.3 is 9.15 Å². The summed E-state index contributed by atoms with van der Waals surface area (Å²) in [6.45, 7) is 0.669. The highest BCUT2D eigenvalue weighted by atomic mass is 16.5. The van der Waals surface area contributed by atoms with E-state index in [9.17, 15) is 4.79 Å². The third-order valence-corrected chi connectivity index (χ3v) is 3.84. The molecule has 1 aliphatic heterocycles. The summed E-state index contributed by atoms with van der Waals surface area (Å²) >= 11 is 0. The first kappa shape index (κ1) is 11.9. The third-order valence-electron chi connectivity index (χ3n) is 3.84. The molecule has 4 rings (SSSR count). The highest BCUT2D eigenvalue weighted by Gasteiger charge is 2.40. The number of ether oxygens (including phenoxy) is 1. The Morgan fingerprint density at radius 1 is 1.25 bits per heavy atom. The van der Waals surface area contributed by atoms with Crippen LogP contribution in [0, 0.1) is 0 Å². The molecule has 20 heavy (non-hydrogen) atoms. The lowest BCUT2D eigenvalue weighted by Gasteiger charge is -2.21. The number of fused-ring (bicyclic) bond motifs is 1. The summed E-state index contributed by atoms with van der Waals surface area (Å²) in [4.78, 5) is 18.8. The van der Waals surface area contributed by atoms with E-state index in [0.29, 0.717) is 18.2 Å². The minimum absolute atomic E-state index is 0.00319. The zero-order chi connectivity index (χ0) is 13.5. The van der Waals surface area contributed by atoms with E-state index in [2.05, 4.69) is 4.98 Å². The van der Waals surface area contributed by atoms with Gasteiger partial charge in [-0.25, -0.2) is 0 Å². The monoisotopic (exact) mass is 272 g/mol. The van der Waals surface area contributed by atoms with Crippen LogP contribution in [0.2, 0.25) is 0 Å². The fourth-order valence-electron chi connectivity index (χ4n) is 2.65. The molecule has 0 spiro atoms. The van der Waals surface area contributed by atoms with Crippen molar-refractivity contribution in [1.29, 1.82) is 0 Å². The van der Waals surface area contributed by atoms with Gasteiger partial charge in [-0.2, -0.15) is 4.98 Å². The van der Waals surface area contributed by atoms with Crippen molar-refractivity contribution in [3.05, 3.63) is 24.3 Å². The van der Waals surface area contributed by atoms with Crippen molar-refractivity contribution < 1.29 is 13.9 Å². The molecule has 2 aromatic rings. The summed E-state index contributed by atoms with van der Waals surface area (Å²) in [5.74, 6) is -0.00319. The van der Waals surface area contributed by atoms with E-state index in [0.717, 1.165) is 31.2 Å². The van der Waals surface area contributed by atoms with E-state index in [1.165, 1.54) is 0 Å². The number of oxazole rings is 1. The lowest BCUT2D eigenvalue weighted by molar-refractivity contribution is -0.127. The van der Waals surface area contributed by atoms with Crippen LogP contribution in [0.4, 0.5) is 6.01 Å². The number of benzene rings is 1. The standard InChI is InChI=1S/C15H16N2O3/c18-14(13-6-3-9-19-13)17(10-7-8-10)15-16-11-4-1-2-5-12(11)20-15/h1-2,4-5,10,13H,3,6-9H2/t13-/m1/s1. The maximum Gasteiger partial charge on any atom is 0.305 e. The number of rotatable bonds is 3. The summed E-state index contributed by atoms with van der Waals surface area (Å²) in [6.07, 6.45) is 3.43. The molecule has 0 N–H and O–H groups in total. The number of carbonyl (C=O) groups is 1. The lowest BCUT2D eigenvalue weighted by atomic mass is 10.2. The Bertz CT molecular complexity index is 608. The van der Waals surface area contributed by atoms with Crippen molar-refractivity contribution in [2.24, 2.45) is 0 Å². The molecule has 1 saturated carbocycles. The van der Waals surface area contributed by atoms with Crippen molar-refractivity contribution >= 4 is 23.0 Å². The number of amides is 1. The maximum absolute atomic E-state index is 12.6. The molecule has 2 heterocycles. The van der Waals surface area contributed by atoms with Gasteiger partial charge in [-0.05, 0) is 37.8 Å². The van der Waals surface area contributed by atoms with Crippen molar-refractivity contribution in [2.45, 2.75) is 37.8 Å². The van der Waals surface area contributed by atoms with E-state index >= 15 is 0 Å². The van der Waals surface area contributed by atoms with Gasteiger partial charge in [0.05, 0.1) is 0 Å². The van der Waals surface area contributed by atoms with Crippen LogP contribution >= 0.6 is 0 Å². The van der Waals surface area contributed by atoms with Crippen LogP contribution in [0.15, 0.2) is 28.7 Å². The molecule has 104 valence electrons. The van der Waals surface area contributed by atoms with E-state index < -0.39 is 0 Å². The molecule has 2 aliphatic rings. The smallest absolute Gasteiger partial charge is 0.305 e. The van der Waals surface area contributed by atoms with Crippen molar-refractivity contribution in [3.8, 4) is 0 Å². The second kappa shape index (κ2) is 4.59. The Morgan fingerprint density at radius 3 is 2.80 bits per heavy atom. The molecule has 0 unspecified atom stereocenters. The summed E-state index contributed by atoms with van der Waals surface area (Å²) in [7, 11) is 0. The number of hydrogen-bond acceptors (Lipinski definition) is 4. The quantitative estimate of drug-likeness (QED) is 0.861. The molecular weight excluding hydrogens is 256 g/mol. The van der Waals surface area contributed by atoms with Crippen LogP contribution in [0.1, 0.15) is 25.7 Å². The van der Waals surface area contributed by atoms with E-state index in [4.69, 9.17) is 9.15 Å². The van der Waals surface area contributed by atoms with Crippen LogP contribution in [-0.2, 0) is 9.53 Å². The van der Waals surface area contributed by atoms with Crippen LogP contribution in [0.3, 0.4) is 0 Å². The summed E-state index contributed by atoms with van der Waals surface area (Å²) < 4.78 is 11.3. The van der Waals surface area contributed by atoms with E-state index in [-0.39, 0.29) is 18.1 Å². The highest BCUT2D eigenvalue weighted by Crippen LogP contribution is 2.34. The molecule has 1 aromatic heterocycles. The van der Waals surface area contributed by atoms with E-state index in [1.807, 2.05) is 24.3 Å². The molecule has 1 aliphatic carbocycles. The number of carbonyl (C=O) groups excluding carboxylic acids is 1. The third kappa shape index (κ3) is 1.98. The van der Waals surface area contributed by atoms with Gasteiger partial charge in [-0.1, -0.05) is 12.1 Å². The van der Waals surface area contributed by atoms with Gasteiger partial charge in [-0.15, -0.1) is 0 Å². The van der Waals surface area contributed by atoms with E-state index in [1.54, 1.807) is 4.90 Å². The molecule has 0 radical (unpaired) electrons. The van der Waals surface area contributed by atoms with Gasteiger partial charge in [0.25, 0.3) is 5.91 Å². The molecule has 1 atom stereocenters. The normalized spacial score (nSPS) is 22.3. The summed E-state index contributed by atoms with van der Waals surface area (Å²) in [5.41, 5.74) is 1.50. The maximum atomic E-state index is 12.6. The number of anilines is 1. The molecule has 1 saturated heterocycles. The highest BCUT2D eigenvalue weighted by molar-refractivity contribution is 5.96. The zero-order valence-corrected chi connectivity index (χ0v) is 11.1. The van der Waals surface area contributed by atoms with Crippen molar-refractivity contribution in [1.82, 2.24) is 4.98 Å². The van der Waals surface area contributed by atoms with Crippen molar-refractivity contribution in [3.63, 3.8) is 0 Å². The Morgan fingerprint density at radius 2 is 2.10 bits per heavy atom. The number of aromatic nitrogens is 1. The molecule has 0 bridgehead atoms. The van der Waals surface area contributed by atoms with Gasteiger partial charge in [0, 0.05) is 12.6 Å². The minimum atomic E-state index is -0.328. The Balaban J connectivity index is 1.69. The van der Waals surface area contributed by atoms with Crippen molar-refractivity contribution in [2.75, 3.05) is 11.5 Å². The summed E-state index contributed by atoms with van der Waals surface area (Å²) in [6, 6.07) is 8.21. The minimum Gasteiger partial charge on any atom is -0.423 e. The SMILES string of the molecule is O=C([C@H]1CCCO1)N(c1nc2ccccc2o1)C1CC1. The zero-order valence-electron chi connectivity index (χ0n) is 11.1. The first-order valence-corrected chi connectivity index (χ1v) is 7.13. The van der Waals surface area contributed by atoms with Crippen LogP contribution in [0.5, 0.6) is 0 Å². The molecule has 1 aromatic carbocycles. The Hall–Kier alpha value is -1.88. The molecule has 1 amide bonds. The molecule has 5 nitrogen and oxygen atoms in total. The van der Waals surface area contributed by atoms with Crippen LogP contribution in [0.25, 0.3) is 11.1 Å². The van der Waals surface area contributed by atoms with Gasteiger partial charge >= 0.3 is 6.01 Å². The van der Waals surface area contributed by atoms with Gasteiger partial charge in [0.15, 0.2) is 5.58 Å². The van der Waals surface area contributed by atoms with Gasteiger partial charge in [0.2, 0.25) is 0 Å². The first-order valence-electron chi connectivity index (χ1n) is 7.13. The van der Waals surface area contributed by atoms with Gasteiger partial charge in [-0.3, -0.25) is 9.69 Å². The predicted octanol–water partition coefficient (Wildman–Crippen LogP) is 2.50. The largest absolute Gasteiger partial charge is 0.423 e. The number of nitrogens with zero attached hydrogens (tertiary/aromatic N) is 2. The molecular formula is C15H16N2O3. The second-order valence-electron chi connectivity index (χ2n) is 5.41. The average Bonchev–Trinajstić information content (AvgIpc) is 3.00. The van der Waals surface area contributed by atoms with Crippen LogP contribution in [-0.4, -0.2) is 29.6 Å². The fourth-order valence-corrected chi connectivity index (χ4v) is 2.65. The Kier molecular flexibility index (Phi) is 2.73. The number of hydrogen-bond donors (Lipinski definition) is 0. The van der Waals surface area contributed by atoms with Gasteiger partial charge in [0.1, 0.15) is 11.6 Å². The first-order chi connectivity index (χ1) is 9.83. The Labute approximate surface area is 116 Å². The fraction of sp³-hybridized carbons (Fsp3) is 0.467. The average molecular weight is 272 g/mol. The van der Waals surface area contributed by atoms with Crippen LogP contribution < -0.4 is 4.90 Å². The summed E-state index contributed by atoms with van der Waals surface area (Å²) in [5, 5.41) is 0. The second-order valence-corrected chi connectivity index (χ2v) is 5.41. The predicted molar refractivity (Wildman–Crippen MR) is 73.5 cm³/mol. The number of para-hydroxylation sites is 2. The molecule has 2 fully saturated rings. The topological polar surface area (TPSA) is 55.6 Å². The lowest BCUT2D eigenvalue weighted by Crippen LogP contribution is -2.40. The molecule has 5 heteroatoms.